The molecule has 1 aromatic heterocycles. The summed E-state index contributed by atoms with van der Waals surface area (Å²) in [4.78, 5) is 22.8. The summed E-state index contributed by atoms with van der Waals surface area (Å²) in [5, 5.41) is 6.22. The first-order valence-corrected chi connectivity index (χ1v) is 11.3. The molecule has 7 nitrogen and oxygen atoms in total. The minimum atomic E-state index is 0.135. The number of likely N-dealkylation sites (tertiary alicyclic amines) is 1. The van der Waals surface area contributed by atoms with E-state index in [0.29, 0.717) is 12.3 Å². The van der Waals surface area contributed by atoms with Crippen LogP contribution < -0.4 is 10.6 Å². The number of carbonyl (C=O) groups excluding carboxylic acids is 1. The molecule has 0 spiro atoms. The van der Waals surface area contributed by atoms with Crippen LogP contribution in [0.3, 0.4) is 0 Å². The number of hydrogen-bond donors (Lipinski definition) is 2. The molecule has 0 atom stereocenters. The van der Waals surface area contributed by atoms with Crippen molar-refractivity contribution in [2.24, 2.45) is 10.9 Å². The van der Waals surface area contributed by atoms with Crippen molar-refractivity contribution in [1.29, 1.82) is 0 Å². The Labute approximate surface area is 189 Å². The fourth-order valence-electron chi connectivity index (χ4n) is 4.32. The number of rotatable bonds is 6. The van der Waals surface area contributed by atoms with Crippen molar-refractivity contribution in [3.8, 4) is 0 Å². The molecule has 1 saturated heterocycles. The number of hydrogen-bond acceptors (Lipinski definition) is 3. The first kappa shape index (κ1) is 21.9. The van der Waals surface area contributed by atoms with E-state index in [1.165, 1.54) is 11.1 Å². The third kappa shape index (κ3) is 5.28. The predicted molar refractivity (Wildman–Crippen MR) is 128 cm³/mol. The fourth-order valence-corrected chi connectivity index (χ4v) is 4.32. The largest absolute Gasteiger partial charge is 0.359 e. The number of para-hydroxylation sites is 2. The number of imidazole rings is 1. The lowest BCUT2D eigenvalue weighted by atomic mass is 9.93. The summed E-state index contributed by atoms with van der Waals surface area (Å²) < 4.78 is 2.18. The van der Waals surface area contributed by atoms with E-state index in [-0.39, 0.29) is 5.91 Å². The molecule has 4 rings (SSSR count). The van der Waals surface area contributed by atoms with E-state index in [2.05, 4.69) is 60.4 Å². The Morgan fingerprint density at radius 3 is 2.53 bits per heavy atom. The van der Waals surface area contributed by atoms with Crippen molar-refractivity contribution in [3.05, 3.63) is 66.0 Å². The second-order valence-electron chi connectivity index (χ2n) is 8.39. The summed E-state index contributed by atoms with van der Waals surface area (Å²) in [6.07, 6.45) is 4.57. The highest BCUT2D eigenvalue weighted by atomic mass is 16.1. The Morgan fingerprint density at radius 2 is 1.81 bits per heavy atom. The SMILES string of the molecule is CN=C(NCc1ccc(Cn2cnc3ccccc32)cc1)N1CCC(CC(=O)NC)CC1. The van der Waals surface area contributed by atoms with Crippen molar-refractivity contribution in [2.45, 2.75) is 32.4 Å². The van der Waals surface area contributed by atoms with Gasteiger partial charge in [0.15, 0.2) is 5.96 Å². The molecule has 1 fully saturated rings. The van der Waals surface area contributed by atoms with Gasteiger partial charge in [-0.3, -0.25) is 9.79 Å². The van der Waals surface area contributed by atoms with Gasteiger partial charge in [-0.2, -0.15) is 0 Å². The van der Waals surface area contributed by atoms with Crippen LogP contribution in [-0.4, -0.2) is 53.5 Å². The Morgan fingerprint density at radius 1 is 1.09 bits per heavy atom. The van der Waals surface area contributed by atoms with Crippen LogP contribution in [-0.2, 0) is 17.9 Å². The van der Waals surface area contributed by atoms with Gasteiger partial charge >= 0.3 is 0 Å². The summed E-state index contributed by atoms with van der Waals surface area (Å²) in [6, 6.07) is 16.9. The highest BCUT2D eigenvalue weighted by molar-refractivity contribution is 5.80. The van der Waals surface area contributed by atoms with Gasteiger partial charge in [0.1, 0.15) is 0 Å². The van der Waals surface area contributed by atoms with Crippen LogP contribution in [0.2, 0.25) is 0 Å². The van der Waals surface area contributed by atoms with Gasteiger partial charge in [-0.15, -0.1) is 0 Å². The lowest BCUT2D eigenvalue weighted by Crippen LogP contribution is -2.45. The van der Waals surface area contributed by atoms with Crippen LogP contribution in [0.4, 0.5) is 0 Å². The van der Waals surface area contributed by atoms with E-state index in [0.717, 1.165) is 56.0 Å². The molecule has 1 aliphatic rings. The Balaban J connectivity index is 1.28. The van der Waals surface area contributed by atoms with Gasteiger partial charge in [-0.05, 0) is 42.0 Å². The Kier molecular flexibility index (Phi) is 7.04. The number of carbonyl (C=O) groups is 1. The standard InChI is InChI=1S/C25H32N6O/c1-26-24(32)15-19-11-13-30(14-12-19)25(27-2)28-16-20-7-9-21(10-8-20)17-31-18-29-22-5-3-4-6-23(22)31/h3-10,18-19H,11-17H2,1-2H3,(H,26,32)(H,27,28). The van der Waals surface area contributed by atoms with E-state index in [1.54, 1.807) is 7.05 Å². The quantitative estimate of drug-likeness (QED) is 0.464. The van der Waals surface area contributed by atoms with Crippen molar-refractivity contribution in [2.75, 3.05) is 27.2 Å². The number of aliphatic imine (C=N–C) groups is 1. The van der Waals surface area contributed by atoms with Crippen molar-refractivity contribution < 1.29 is 4.79 Å². The van der Waals surface area contributed by atoms with Crippen molar-refractivity contribution >= 4 is 22.9 Å². The lowest BCUT2D eigenvalue weighted by molar-refractivity contribution is -0.121. The van der Waals surface area contributed by atoms with E-state index in [9.17, 15) is 4.79 Å². The maximum absolute atomic E-state index is 11.6. The topological polar surface area (TPSA) is 74.5 Å². The van der Waals surface area contributed by atoms with Crippen molar-refractivity contribution in [3.63, 3.8) is 0 Å². The first-order valence-electron chi connectivity index (χ1n) is 11.3. The van der Waals surface area contributed by atoms with E-state index in [4.69, 9.17) is 0 Å². The molecule has 0 bridgehead atoms. The van der Waals surface area contributed by atoms with E-state index in [1.807, 2.05) is 31.6 Å². The van der Waals surface area contributed by atoms with Crippen LogP contribution in [0.5, 0.6) is 0 Å². The number of amides is 1. The van der Waals surface area contributed by atoms with Gasteiger partial charge < -0.3 is 20.1 Å². The summed E-state index contributed by atoms with van der Waals surface area (Å²) in [5.41, 5.74) is 4.65. The average Bonchev–Trinajstić information content (AvgIpc) is 3.24. The molecule has 1 amide bonds. The molecule has 0 unspecified atom stereocenters. The number of nitrogens with zero attached hydrogens (tertiary/aromatic N) is 4. The molecule has 2 N–H and O–H groups in total. The Bertz CT molecular complexity index is 1060. The molecular weight excluding hydrogens is 400 g/mol. The molecule has 2 heterocycles. The van der Waals surface area contributed by atoms with E-state index >= 15 is 0 Å². The van der Waals surface area contributed by atoms with Crippen LogP contribution >= 0.6 is 0 Å². The fraction of sp³-hybridized carbons (Fsp3) is 0.400. The molecule has 168 valence electrons. The number of aromatic nitrogens is 2. The number of nitrogens with one attached hydrogen (secondary N) is 2. The number of guanidine groups is 1. The first-order chi connectivity index (χ1) is 15.7. The van der Waals surface area contributed by atoms with Crippen LogP contribution in [0, 0.1) is 5.92 Å². The number of benzene rings is 2. The van der Waals surface area contributed by atoms with Crippen LogP contribution in [0.15, 0.2) is 59.9 Å². The number of piperidine rings is 1. The molecular formula is C25H32N6O. The molecule has 0 radical (unpaired) electrons. The molecule has 32 heavy (non-hydrogen) atoms. The zero-order valence-electron chi connectivity index (χ0n) is 18.9. The maximum atomic E-state index is 11.6. The predicted octanol–water partition coefficient (Wildman–Crippen LogP) is 3.01. The molecule has 3 aromatic rings. The summed E-state index contributed by atoms with van der Waals surface area (Å²) >= 11 is 0. The summed E-state index contributed by atoms with van der Waals surface area (Å²) in [6.45, 7) is 3.40. The maximum Gasteiger partial charge on any atom is 0.220 e. The third-order valence-electron chi connectivity index (χ3n) is 6.23. The van der Waals surface area contributed by atoms with Gasteiger partial charge in [-0.25, -0.2) is 4.98 Å². The lowest BCUT2D eigenvalue weighted by Gasteiger charge is -2.34. The highest BCUT2D eigenvalue weighted by Crippen LogP contribution is 2.20. The second kappa shape index (κ2) is 10.3. The zero-order chi connectivity index (χ0) is 22.3. The van der Waals surface area contributed by atoms with Gasteiger partial charge in [0.25, 0.3) is 0 Å². The van der Waals surface area contributed by atoms with E-state index < -0.39 is 0 Å². The Hall–Kier alpha value is -3.35. The highest BCUT2D eigenvalue weighted by Gasteiger charge is 2.23. The van der Waals surface area contributed by atoms with Crippen LogP contribution in [0.1, 0.15) is 30.4 Å². The smallest absolute Gasteiger partial charge is 0.220 e. The summed E-state index contributed by atoms with van der Waals surface area (Å²) in [5.74, 6) is 1.53. The minimum Gasteiger partial charge on any atom is -0.359 e. The minimum absolute atomic E-state index is 0.135. The molecule has 1 aliphatic heterocycles. The molecule has 0 saturated carbocycles. The third-order valence-corrected chi connectivity index (χ3v) is 6.23. The zero-order valence-corrected chi connectivity index (χ0v) is 18.9. The number of fused-ring (bicyclic) bond motifs is 1. The molecule has 0 aliphatic carbocycles. The normalized spacial score (nSPS) is 15.2. The monoisotopic (exact) mass is 432 g/mol. The average molecular weight is 433 g/mol. The van der Waals surface area contributed by atoms with Crippen molar-refractivity contribution in [1.82, 2.24) is 25.1 Å². The van der Waals surface area contributed by atoms with Gasteiger partial charge in [0, 0.05) is 46.7 Å². The molecule has 2 aromatic carbocycles. The summed E-state index contributed by atoms with van der Waals surface area (Å²) in [7, 11) is 3.53. The van der Waals surface area contributed by atoms with Gasteiger partial charge in [0.2, 0.25) is 5.91 Å². The second-order valence-corrected chi connectivity index (χ2v) is 8.39. The van der Waals surface area contributed by atoms with Crippen LogP contribution in [0.25, 0.3) is 11.0 Å². The molecule has 7 heteroatoms. The van der Waals surface area contributed by atoms with Gasteiger partial charge in [-0.1, -0.05) is 36.4 Å². The van der Waals surface area contributed by atoms with Gasteiger partial charge in [0.05, 0.1) is 17.4 Å².